The normalized spacial score (nSPS) is 14.8. The van der Waals surface area contributed by atoms with Crippen LogP contribution in [0.3, 0.4) is 0 Å². The first-order valence-electron chi connectivity index (χ1n) is 9.66. The molecule has 3 aromatic rings. The van der Waals surface area contributed by atoms with Crippen LogP contribution < -0.4 is 0 Å². The second-order valence-corrected chi connectivity index (χ2v) is 8.18. The molecule has 0 spiro atoms. The SMILES string of the molecule is Cc1ccc(C(=O)O)cc1-c1ccc(/C=C2\SC(=O)N(Cc3ccccc3[N+](=O)[O-])C2=O)o1. The van der Waals surface area contributed by atoms with Gasteiger partial charge in [-0.25, -0.2) is 4.79 Å². The highest BCUT2D eigenvalue weighted by atomic mass is 32.2. The maximum atomic E-state index is 12.8. The number of aryl methyl sites for hydroxylation is 1. The molecule has 166 valence electrons. The molecule has 1 saturated heterocycles. The molecular weight excluding hydrogens is 448 g/mol. The highest BCUT2D eigenvalue weighted by Crippen LogP contribution is 2.35. The fourth-order valence-corrected chi connectivity index (χ4v) is 4.17. The number of benzene rings is 2. The molecule has 0 unspecified atom stereocenters. The van der Waals surface area contributed by atoms with Crippen molar-refractivity contribution in [2.24, 2.45) is 0 Å². The number of aromatic carboxylic acids is 1. The minimum absolute atomic E-state index is 0.115. The number of nitrogens with zero attached hydrogens (tertiary/aromatic N) is 2. The molecule has 1 aromatic heterocycles. The number of rotatable bonds is 6. The number of nitro benzene ring substituents is 1. The van der Waals surface area contributed by atoms with Crippen molar-refractivity contribution in [2.75, 3.05) is 0 Å². The maximum Gasteiger partial charge on any atom is 0.335 e. The molecule has 1 N–H and O–H groups in total. The molecule has 1 aliphatic heterocycles. The highest BCUT2D eigenvalue weighted by Gasteiger charge is 2.36. The van der Waals surface area contributed by atoms with Crippen molar-refractivity contribution in [1.82, 2.24) is 4.90 Å². The number of carbonyl (C=O) groups excluding carboxylic acids is 2. The number of carboxylic acids is 1. The largest absolute Gasteiger partial charge is 0.478 e. The smallest absolute Gasteiger partial charge is 0.335 e. The minimum Gasteiger partial charge on any atom is -0.478 e. The lowest BCUT2D eigenvalue weighted by atomic mass is 10.0. The highest BCUT2D eigenvalue weighted by molar-refractivity contribution is 8.18. The summed E-state index contributed by atoms with van der Waals surface area (Å²) in [5, 5.41) is 19.9. The van der Waals surface area contributed by atoms with Gasteiger partial charge in [-0.3, -0.25) is 24.6 Å². The fraction of sp³-hybridized carbons (Fsp3) is 0.0870. The molecule has 1 aliphatic rings. The number of thioether (sulfide) groups is 1. The Labute approximate surface area is 191 Å². The van der Waals surface area contributed by atoms with Crippen LogP contribution in [0.5, 0.6) is 0 Å². The summed E-state index contributed by atoms with van der Waals surface area (Å²) in [7, 11) is 0. The molecule has 0 bridgehead atoms. The third kappa shape index (κ3) is 4.41. The van der Waals surface area contributed by atoms with Crippen molar-refractivity contribution in [1.29, 1.82) is 0 Å². The molecular formula is C23H16N2O7S. The molecule has 0 aliphatic carbocycles. The summed E-state index contributed by atoms with van der Waals surface area (Å²) in [6.45, 7) is 1.60. The quantitative estimate of drug-likeness (QED) is 0.303. The van der Waals surface area contributed by atoms with Gasteiger partial charge in [0.05, 0.1) is 21.9 Å². The van der Waals surface area contributed by atoms with E-state index in [-0.39, 0.29) is 28.3 Å². The molecule has 0 radical (unpaired) electrons. The summed E-state index contributed by atoms with van der Waals surface area (Å²) >= 11 is 0.716. The molecule has 10 heteroatoms. The van der Waals surface area contributed by atoms with Gasteiger partial charge < -0.3 is 9.52 Å². The van der Waals surface area contributed by atoms with Crippen molar-refractivity contribution >= 4 is 40.6 Å². The molecule has 2 heterocycles. The second kappa shape index (κ2) is 8.75. The van der Waals surface area contributed by atoms with Gasteiger partial charge in [0, 0.05) is 23.3 Å². The van der Waals surface area contributed by atoms with Crippen LogP contribution in [0.4, 0.5) is 10.5 Å². The molecule has 9 nitrogen and oxygen atoms in total. The monoisotopic (exact) mass is 464 g/mol. The van der Waals surface area contributed by atoms with Gasteiger partial charge in [-0.2, -0.15) is 0 Å². The molecule has 2 amide bonds. The Kier molecular flexibility index (Phi) is 5.84. The van der Waals surface area contributed by atoms with Crippen LogP contribution in [0, 0.1) is 17.0 Å². The first-order chi connectivity index (χ1) is 15.7. The van der Waals surface area contributed by atoms with Crippen molar-refractivity contribution in [2.45, 2.75) is 13.5 Å². The molecule has 1 fully saturated rings. The van der Waals surface area contributed by atoms with Crippen LogP contribution in [0.1, 0.15) is 27.2 Å². The van der Waals surface area contributed by atoms with Crippen LogP contribution in [0.25, 0.3) is 17.4 Å². The second-order valence-electron chi connectivity index (χ2n) is 7.19. The van der Waals surface area contributed by atoms with Gasteiger partial charge in [0.25, 0.3) is 16.8 Å². The van der Waals surface area contributed by atoms with E-state index in [2.05, 4.69) is 0 Å². The van der Waals surface area contributed by atoms with Crippen LogP contribution in [-0.2, 0) is 11.3 Å². The Balaban J connectivity index is 1.58. The number of carboxylic acid groups (broad SMARTS) is 1. The Hall–Kier alpha value is -4.18. The topological polar surface area (TPSA) is 131 Å². The zero-order valence-electron chi connectivity index (χ0n) is 17.2. The zero-order chi connectivity index (χ0) is 23.7. The lowest BCUT2D eigenvalue weighted by molar-refractivity contribution is -0.385. The summed E-state index contributed by atoms with van der Waals surface area (Å²) in [5.41, 5.74) is 1.60. The van der Waals surface area contributed by atoms with E-state index >= 15 is 0 Å². The fourth-order valence-electron chi connectivity index (χ4n) is 3.35. The van der Waals surface area contributed by atoms with Gasteiger partial charge in [-0.15, -0.1) is 0 Å². The predicted molar refractivity (Wildman–Crippen MR) is 120 cm³/mol. The van der Waals surface area contributed by atoms with Crippen molar-refractivity contribution < 1.29 is 28.8 Å². The molecule has 0 atom stereocenters. The summed E-state index contributed by atoms with van der Waals surface area (Å²) in [6, 6.07) is 13.9. The van der Waals surface area contributed by atoms with E-state index in [1.807, 2.05) is 6.92 Å². The number of furan rings is 1. The van der Waals surface area contributed by atoms with Crippen molar-refractivity contribution in [3.05, 3.63) is 92.1 Å². The molecule has 33 heavy (non-hydrogen) atoms. The average Bonchev–Trinajstić information content (AvgIpc) is 3.34. The standard InChI is InChI=1S/C23H16N2O7S/c1-13-6-7-14(22(27)28)10-17(13)19-9-8-16(32-19)11-20-21(26)24(23(29)33-20)12-15-4-2-3-5-18(15)25(30)31/h2-11H,12H2,1H3,(H,27,28)/b20-11-. The summed E-state index contributed by atoms with van der Waals surface area (Å²) < 4.78 is 5.78. The third-order valence-electron chi connectivity index (χ3n) is 5.04. The first kappa shape index (κ1) is 22.0. The van der Waals surface area contributed by atoms with Gasteiger partial charge in [0.2, 0.25) is 0 Å². The number of para-hydroxylation sites is 1. The number of carbonyl (C=O) groups is 3. The van der Waals surface area contributed by atoms with E-state index in [0.717, 1.165) is 10.5 Å². The lowest BCUT2D eigenvalue weighted by Crippen LogP contribution is -2.27. The van der Waals surface area contributed by atoms with E-state index < -0.39 is 22.0 Å². The summed E-state index contributed by atoms with van der Waals surface area (Å²) in [6.07, 6.45) is 1.42. The van der Waals surface area contributed by atoms with Crippen LogP contribution in [0.15, 0.2) is 63.9 Å². The van der Waals surface area contributed by atoms with Gasteiger partial charge in [0.15, 0.2) is 0 Å². The number of amides is 2. The van der Waals surface area contributed by atoms with Gasteiger partial charge in [0.1, 0.15) is 11.5 Å². The lowest BCUT2D eigenvalue weighted by Gasteiger charge is -2.12. The number of hydrogen-bond donors (Lipinski definition) is 1. The maximum absolute atomic E-state index is 12.8. The Morgan fingerprint density at radius 1 is 1.18 bits per heavy atom. The van der Waals surface area contributed by atoms with E-state index in [0.29, 0.717) is 28.8 Å². The minimum atomic E-state index is -1.06. The van der Waals surface area contributed by atoms with E-state index in [4.69, 9.17) is 4.42 Å². The van der Waals surface area contributed by atoms with Gasteiger partial charge in [-0.05, 0) is 48.5 Å². The van der Waals surface area contributed by atoms with Crippen LogP contribution in [0.2, 0.25) is 0 Å². The number of hydrogen-bond acceptors (Lipinski definition) is 7. The predicted octanol–water partition coefficient (Wildman–Crippen LogP) is 5.10. The molecule has 4 rings (SSSR count). The Morgan fingerprint density at radius 3 is 2.67 bits per heavy atom. The van der Waals surface area contributed by atoms with E-state index in [1.54, 1.807) is 24.3 Å². The molecule has 0 saturated carbocycles. The van der Waals surface area contributed by atoms with E-state index in [9.17, 15) is 29.6 Å². The van der Waals surface area contributed by atoms with Gasteiger partial charge in [-0.1, -0.05) is 24.3 Å². The average molecular weight is 464 g/mol. The first-order valence-corrected chi connectivity index (χ1v) is 10.5. The summed E-state index contributed by atoms with van der Waals surface area (Å²) in [4.78, 5) is 48.2. The third-order valence-corrected chi connectivity index (χ3v) is 5.95. The number of imide groups is 1. The Bertz CT molecular complexity index is 1340. The molecule has 2 aromatic carbocycles. The van der Waals surface area contributed by atoms with Crippen LogP contribution in [-0.4, -0.2) is 32.0 Å². The zero-order valence-corrected chi connectivity index (χ0v) is 18.0. The van der Waals surface area contributed by atoms with Crippen molar-refractivity contribution in [3.8, 4) is 11.3 Å². The Morgan fingerprint density at radius 2 is 1.94 bits per heavy atom. The van der Waals surface area contributed by atoms with Gasteiger partial charge >= 0.3 is 5.97 Å². The van der Waals surface area contributed by atoms with Crippen molar-refractivity contribution in [3.63, 3.8) is 0 Å². The van der Waals surface area contributed by atoms with Crippen LogP contribution >= 0.6 is 11.8 Å². The number of nitro groups is 1. The van der Waals surface area contributed by atoms with E-state index in [1.165, 1.54) is 36.4 Å². The summed E-state index contributed by atoms with van der Waals surface area (Å²) in [5.74, 6) is -0.914.